The Morgan fingerprint density at radius 1 is 1.32 bits per heavy atom. The van der Waals surface area contributed by atoms with Crippen LogP contribution in [-0.4, -0.2) is 16.1 Å². The van der Waals surface area contributed by atoms with Crippen LogP contribution in [0, 0.1) is 13.8 Å². The van der Waals surface area contributed by atoms with Gasteiger partial charge in [0, 0.05) is 5.69 Å². The predicted molar refractivity (Wildman–Crippen MR) is 76.4 cm³/mol. The number of oxazole rings is 1. The lowest BCUT2D eigenvalue weighted by molar-refractivity contribution is -0.115. The van der Waals surface area contributed by atoms with Crippen LogP contribution in [0.2, 0.25) is 0 Å². The van der Waals surface area contributed by atoms with Crippen molar-refractivity contribution < 1.29 is 9.21 Å². The number of aromatic nitrogens is 1. The van der Waals surface area contributed by atoms with Crippen LogP contribution >= 0.6 is 11.8 Å². The van der Waals surface area contributed by atoms with Crippen molar-refractivity contribution in [2.24, 2.45) is 0 Å². The van der Waals surface area contributed by atoms with Crippen LogP contribution in [0.3, 0.4) is 0 Å². The van der Waals surface area contributed by atoms with E-state index in [1.165, 1.54) is 11.8 Å². The highest BCUT2D eigenvalue weighted by Crippen LogP contribution is 2.25. The highest BCUT2D eigenvalue weighted by molar-refractivity contribution is 8.00. The number of hydrogen-bond donors (Lipinski definition) is 1. The first-order valence-corrected chi connectivity index (χ1v) is 6.91. The minimum atomic E-state index is -0.266. The Kier molecular flexibility index (Phi) is 4.27. The molecule has 1 N–H and O–H groups in total. The Hall–Kier alpha value is -1.75. The molecular weight excluding hydrogens is 260 g/mol. The van der Waals surface area contributed by atoms with Crippen molar-refractivity contribution in [3.05, 3.63) is 41.8 Å². The lowest BCUT2D eigenvalue weighted by Gasteiger charge is -2.09. The summed E-state index contributed by atoms with van der Waals surface area (Å²) < 4.78 is 5.46. The number of aryl methyl sites for hydroxylation is 2. The molecule has 0 spiro atoms. The molecule has 1 amide bonds. The molecule has 19 heavy (non-hydrogen) atoms. The molecule has 0 saturated heterocycles. The van der Waals surface area contributed by atoms with Crippen LogP contribution in [0.4, 0.5) is 5.69 Å². The smallest absolute Gasteiger partial charge is 0.256 e. The van der Waals surface area contributed by atoms with Crippen LogP contribution in [0.5, 0.6) is 0 Å². The van der Waals surface area contributed by atoms with Crippen molar-refractivity contribution in [3.63, 3.8) is 0 Å². The molecule has 0 radical (unpaired) electrons. The molecule has 0 aliphatic carbocycles. The van der Waals surface area contributed by atoms with E-state index in [2.05, 4.69) is 10.3 Å². The van der Waals surface area contributed by atoms with Gasteiger partial charge in [0.2, 0.25) is 5.91 Å². The van der Waals surface area contributed by atoms with E-state index in [9.17, 15) is 4.79 Å². The van der Waals surface area contributed by atoms with Crippen LogP contribution < -0.4 is 5.32 Å². The Balaban J connectivity index is 1.96. The summed E-state index contributed by atoms with van der Waals surface area (Å²) in [7, 11) is 0. The van der Waals surface area contributed by atoms with Gasteiger partial charge < -0.3 is 9.73 Å². The van der Waals surface area contributed by atoms with Gasteiger partial charge in [0.25, 0.3) is 5.22 Å². The van der Waals surface area contributed by atoms with Crippen LogP contribution in [0.1, 0.15) is 18.4 Å². The number of thioether (sulfide) groups is 1. The van der Waals surface area contributed by atoms with Gasteiger partial charge in [-0.1, -0.05) is 30.0 Å². The Labute approximate surface area is 116 Å². The summed E-state index contributed by atoms with van der Waals surface area (Å²) in [6.45, 7) is 5.58. The monoisotopic (exact) mass is 276 g/mol. The third kappa shape index (κ3) is 3.61. The largest absolute Gasteiger partial charge is 0.437 e. The normalized spacial score (nSPS) is 12.2. The van der Waals surface area contributed by atoms with E-state index in [0.29, 0.717) is 5.22 Å². The van der Waals surface area contributed by atoms with Gasteiger partial charge in [-0.15, -0.1) is 0 Å². The van der Waals surface area contributed by atoms with E-state index in [0.717, 1.165) is 17.1 Å². The minimum Gasteiger partial charge on any atom is -0.437 e. The number of nitrogens with zero attached hydrogens (tertiary/aromatic N) is 1. The number of anilines is 1. The highest BCUT2D eigenvalue weighted by Gasteiger charge is 2.18. The SMILES string of the molecule is Cc1nc(SC(C)C(=O)Nc2ccccc2)oc1C. The summed E-state index contributed by atoms with van der Waals surface area (Å²) in [5, 5.41) is 3.12. The first kappa shape index (κ1) is 13.7. The number of hydrogen-bond acceptors (Lipinski definition) is 4. The lowest BCUT2D eigenvalue weighted by atomic mass is 10.3. The Morgan fingerprint density at radius 2 is 2.00 bits per heavy atom. The molecule has 1 heterocycles. The molecule has 0 saturated carbocycles. The Bertz CT molecular complexity index is 547. The summed E-state index contributed by atoms with van der Waals surface area (Å²) in [5.74, 6) is 0.725. The zero-order valence-corrected chi connectivity index (χ0v) is 12.0. The van der Waals surface area contributed by atoms with Crippen molar-refractivity contribution in [2.75, 3.05) is 5.32 Å². The first-order valence-electron chi connectivity index (χ1n) is 6.03. The van der Waals surface area contributed by atoms with E-state index in [-0.39, 0.29) is 11.2 Å². The molecule has 1 atom stereocenters. The standard InChI is InChI=1S/C14H16N2O2S/c1-9-10(2)18-14(15-9)19-11(3)13(17)16-12-7-5-4-6-8-12/h4-8,11H,1-3H3,(H,16,17). The van der Waals surface area contributed by atoms with E-state index in [1.54, 1.807) is 0 Å². The molecule has 100 valence electrons. The van der Waals surface area contributed by atoms with Gasteiger partial charge in [-0.2, -0.15) is 0 Å². The fourth-order valence-corrected chi connectivity index (χ4v) is 2.29. The number of para-hydroxylation sites is 1. The van der Waals surface area contributed by atoms with Gasteiger partial charge in [-0.25, -0.2) is 4.98 Å². The second-order valence-electron chi connectivity index (χ2n) is 4.24. The zero-order chi connectivity index (χ0) is 13.8. The van der Waals surface area contributed by atoms with Gasteiger partial charge in [-0.3, -0.25) is 4.79 Å². The molecular formula is C14H16N2O2S. The van der Waals surface area contributed by atoms with Crippen molar-refractivity contribution in [2.45, 2.75) is 31.2 Å². The summed E-state index contributed by atoms with van der Waals surface area (Å²) in [4.78, 5) is 16.3. The fraction of sp³-hybridized carbons (Fsp3) is 0.286. The molecule has 1 unspecified atom stereocenters. The Morgan fingerprint density at radius 3 is 2.58 bits per heavy atom. The molecule has 2 aromatic rings. The molecule has 1 aromatic carbocycles. The molecule has 0 aliphatic heterocycles. The maximum absolute atomic E-state index is 12.0. The second kappa shape index (κ2) is 5.93. The minimum absolute atomic E-state index is 0.0651. The summed E-state index contributed by atoms with van der Waals surface area (Å²) >= 11 is 1.32. The predicted octanol–water partition coefficient (Wildman–Crippen LogP) is 3.41. The quantitative estimate of drug-likeness (QED) is 0.869. The third-order valence-corrected chi connectivity index (χ3v) is 3.64. The second-order valence-corrected chi connectivity index (χ2v) is 5.53. The summed E-state index contributed by atoms with van der Waals surface area (Å²) in [5.41, 5.74) is 1.65. The van der Waals surface area contributed by atoms with Crippen LogP contribution in [0.15, 0.2) is 40.0 Å². The maximum Gasteiger partial charge on any atom is 0.256 e. The summed E-state index contributed by atoms with van der Waals surface area (Å²) in [6, 6.07) is 9.39. The van der Waals surface area contributed by atoms with E-state index < -0.39 is 0 Å². The molecule has 0 fully saturated rings. The van der Waals surface area contributed by atoms with Crippen molar-refractivity contribution in [1.82, 2.24) is 4.98 Å². The van der Waals surface area contributed by atoms with Crippen molar-refractivity contribution >= 4 is 23.4 Å². The van der Waals surface area contributed by atoms with Gasteiger partial charge in [-0.05, 0) is 32.9 Å². The molecule has 2 rings (SSSR count). The maximum atomic E-state index is 12.0. The molecule has 0 aliphatic rings. The third-order valence-electron chi connectivity index (χ3n) is 2.70. The van der Waals surface area contributed by atoms with Gasteiger partial charge in [0.1, 0.15) is 5.76 Å². The molecule has 1 aromatic heterocycles. The molecule has 4 nitrogen and oxygen atoms in total. The van der Waals surface area contributed by atoms with E-state index >= 15 is 0 Å². The van der Waals surface area contributed by atoms with Crippen LogP contribution in [0.25, 0.3) is 0 Å². The van der Waals surface area contributed by atoms with E-state index in [4.69, 9.17) is 4.42 Å². The zero-order valence-electron chi connectivity index (χ0n) is 11.1. The highest BCUT2D eigenvalue weighted by atomic mass is 32.2. The van der Waals surface area contributed by atoms with Crippen LogP contribution in [-0.2, 0) is 4.79 Å². The number of carbonyl (C=O) groups is 1. The fourth-order valence-electron chi connectivity index (χ4n) is 1.46. The van der Waals surface area contributed by atoms with Gasteiger partial charge in [0.05, 0.1) is 10.9 Å². The topological polar surface area (TPSA) is 55.1 Å². The number of benzene rings is 1. The number of nitrogens with one attached hydrogen (secondary N) is 1. The number of amides is 1. The van der Waals surface area contributed by atoms with Gasteiger partial charge in [0.15, 0.2) is 0 Å². The number of rotatable bonds is 4. The van der Waals surface area contributed by atoms with Crippen molar-refractivity contribution in [1.29, 1.82) is 0 Å². The molecule has 5 heteroatoms. The van der Waals surface area contributed by atoms with E-state index in [1.807, 2.05) is 51.1 Å². The average Bonchev–Trinajstić information content (AvgIpc) is 2.69. The number of carbonyl (C=O) groups excluding carboxylic acids is 1. The average molecular weight is 276 g/mol. The molecule has 0 bridgehead atoms. The van der Waals surface area contributed by atoms with Gasteiger partial charge >= 0.3 is 0 Å². The summed E-state index contributed by atoms with van der Waals surface area (Å²) in [6.07, 6.45) is 0. The lowest BCUT2D eigenvalue weighted by Crippen LogP contribution is -2.22. The first-order chi connectivity index (χ1) is 9.06. The van der Waals surface area contributed by atoms with Crippen molar-refractivity contribution in [3.8, 4) is 0 Å².